The van der Waals surface area contributed by atoms with Crippen molar-refractivity contribution < 1.29 is 18.3 Å². The molecule has 0 atom stereocenters. The zero-order valence-corrected chi connectivity index (χ0v) is 16.1. The topological polar surface area (TPSA) is 29.5 Å². The summed E-state index contributed by atoms with van der Waals surface area (Å²) in [7, 11) is 0. The number of rotatable bonds is 4. The molecule has 0 saturated carbocycles. The van der Waals surface area contributed by atoms with Gasteiger partial charge in [-0.2, -0.15) is 0 Å². The summed E-state index contributed by atoms with van der Waals surface area (Å²) in [5, 5.41) is 0. The second-order valence-corrected chi connectivity index (χ2v) is 7.36. The van der Waals surface area contributed by atoms with Crippen molar-refractivity contribution in [1.82, 2.24) is 4.90 Å². The molecule has 3 rings (SSSR count). The lowest BCUT2D eigenvalue weighted by Crippen LogP contribution is -2.46. The second kappa shape index (κ2) is 7.74. The lowest BCUT2D eigenvalue weighted by molar-refractivity contribution is -0.0560. The lowest BCUT2D eigenvalue weighted by atomic mass is 10.0. The third kappa shape index (κ3) is 4.23. The third-order valence-electron chi connectivity index (χ3n) is 4.50. The summed E-state index contributed by atoms with van der Waals surface area (Å²) in [6, 6.07) is 13.2. The number of likely N-dealkylation sites (tertiary alicyclic amines) is 1. The first-order valence-corrected chi connectivity index (χ1v) is 9.29. The van der Waals surface area contributed by atoms with Crippen molar-refractivity contribution in [3.8, 4) is 5.75 Å². The largest absolute Gasteiger partial charge is 0.489 e. The van der Waals surface area contributed by atoms with Crippen LogP contribution in [-0.4, -0.2) is 29.8 Å². The molecule has 2 aromatic rings. The molecule has 0 bridgehead atoms. The van der Waals surface area contributed by atoms with Crippen molar-refractivity contribution in [3.05, 3.63) is 63.6 Å². The van der Waals surface area contributed by atoms with E-state index in [2.05, 4.69) is 15.9 Å². The summed E-state index contributed by atoms with van der Waals surface area (Å²) in [6.07, 6.45) is 0.136. The molecule has 26 heavy (non-hydrogen) atoms. The smallest absolute Gasteiger partial charge is 0.265 e. The van der Waals surface area contributed by atoms with Crippen LogP contribution in [0.25, 0.3) is 0 Å². The first kappa shape index (κ1) is 18.8. The van der Waals surface area contributed by atoms with Crippen molar-refractivity contribution in [2.75, 3.05) is 13.1 Å². The lowest BCUT2D eigenvalue weighted by Gasteiger charge is -2.33. The Bertz CT molecular complexity index is 796. The predicted molar refractivity (Wildman–Crippen MR) is 99.7 cm³/mol. The molecule has 0 aliphatic carbocycles. The highest BCUT2D eigenvalue weighted by atomic mass is 79.9. The average molecular weight is 424 g/mol. The molecule has 0 aromatic heterocycles. The summed E-state index contributed by atoms with van der Waals surface area (Å²) in [4.78, 5) is 14.1. The van der Waals surface area contributed by atoms with E-state index in [0.29, 0.717) is 40.9 Å². The van der Waals surface area contributed by atoms with Gasteiger partial charge in [-0.3, -0.25) is 4.79 Å². The Labute approximate surface area is 160 Å². The van der Waals surface area contributed by atoms with Crippen LogP contribution < -0.4 is 4.74 Å². The van der Waals surface area contributed by atoms with Crippen LogP contribution in [0.5, 0.6) is 5.75 Å². The van der Waals surface area contributed by atoms with Gasteiger partial charge in [-0.1, -0.05) is 30.3 Å². The van der Waals surface area contributed by atoms with Gasteiger partial charge in [0.15, 0.2) is 0 Å². The molecule has 3 nitrogen and oxygen atoms in total. The molecular formula is C20H20BrF2NO2. The number of piperidine rings is 1. The molecular weight excluding hydrogens is 404 g/mol. The minimum atomic E-state index is -2.82. The molecule has 0 N–H and O–H groups in total. The van der Waals surface area contributed by atoms with Crippen LogP contribution in [0.3, 0.4) is 0 Å². The maximum Gasteiger partial charge on any atom is 0.265 e. The number of nitrogens with zero attached hydrogens (tertiary/aromatic N) is 1. The van der Waals surface area contributed by atoms with Crippen LogP contribution in [0.15, 0.2) is 46.9 Å². The molecule has 1 amide bonds. The normalized spacial score (nSPS) is 16.4. The average Bonchev–Trinajstić information content (AvgIpc) is 2.61. The van der Waals surface area contributed by atoms with Gasteiger partial charge >= 0.3 is 0 Å². The van der Waals surface area contributed by atoms with E-state index in [4.69, 9.17) is 4.74 Å². The van der Waals surface area contributed by atoms with Crippen molar-refractivity contribution in [1.29, 1.82) is 0 Å². The highest BCUT2D eigenvalue weighted by Gasteiger charge is 2.38. The summed E-state index contributed by atoms with van der Waals surface area (Å²) in [6.45, 7) is 1.96. The molecule has 1 aliphatic heterocycles. The number of hydrogen-bond donors (Lipinski definition) is 0. The van der Waals surface area contributed by atoms with Crippen molar-refractivity contribution in [3.63, 3.8) is 0 Å². The number of benzene rings is 2. The number of ether oxygens (including phenoxy) is 1. The van der Waals surface area contributed by atoms with E-state index in [1.807, 2.05) is 30.3 Å². The fourth-order valence-corrected chi connectivity index (χ4v) is 3.71. The molecule has 6 heteroatoms. The van der Waals surface area contributed by atoms with Crippen LogP contribution in [-0.2, 0) is 6.61 Å². The van der Waals surface area contributed by atoms with E-state index in [1.54, 1.807) is 19.1 Å². The number of alkyl halides is 2. The zero-order chi connectivity index (χ0) is 18.7. The van der Waals surface area contributed by atoms with Gasteiger partial charge in [0, 0.05) is 23.0 Å². The Morgan fingerprint density at radius 2 is 1.96 bits per heavy atom. The number of hydrogen-bond acceptors (Lipinski definition) is 2. The van der Waals surface area contributed by atoms with E-state index >= 15 is 0 Å². The highest BCUT2D eigenvalue weighted by molar-refractivity contribution is 9.10. The second-order valence-electron chi connectivity index (χ2n) is 6.51. The minimum Gasteiger partial charge on any atom is -0.489 e. The van der Waals surface area contributed by atoms with Gasteiger partial charge in [-0.25, -0.2) is 8.78 Å². The number of halogens is 3. The Kier molecular flexibility index (Phi) is 5.61. The molecule has 0 radical (unpaired) electrons. The summed E-state index contributed by atoms with van der Waals surface area (Å²) < 4.78 is 33.8. The molecule has 0 unspecified atom stereocenters. The van der Waals surface area contributed by atoms with Gasteiger partial charge in [0.05, 0.1) is 12.1 Å². The van der Waals surface area contributed by atoms with E-state index in [1.165, 1.54) is 4.90 Å². The van der Waals surface area contributed by atoms with E-state index in [-0.39, 0.29) is 12.3 Å². The Morgan fingerprint density at radius 1 is 1.23 bits per heavy atom. The molecule has 138 valence electrons. The van der Waals surface area contributed by atoms with Crippen LogP contribution in [0.4, 0.5) is 8.78 Å². The number of carbonyl (C=O) groups is 1. The van der Waals surface area contributed by atoms with Crippen molar-refractivity contribution in [2.45, 2.75) is 32.3 Å². The summed E-state index contributed by atoms with van der Waals surface area (Å²) in [5.74, 6) is -2.64. The molecule has 2 aromatic carbocycles. The third-order valence-corrected chi connectivity index (χ3v) is 5.16. The van der Waals surface area contributed by atoms with Gasteiger partial charge in [-0.15, -0.1) is 0 Å². The first-order chi connectivity index (χ1) is 12.4. The SMILES string of the molecule is Cc1c(OCc2ccccc2)ccc(Br)c1C(=O)N1CCCC(F)(F)C1. The Hall–Kier alpha value is -1.95. The van der Waals surface area contributed by atoms with E-state index in [0.717, 1.165) is 5.56 Å². The molecule has 1 fully saturated rings. The first-order valence-electron chi connectivity index (χ1n) is 8.50. The van der Waals surface area contributed by atoms with Crippen LogP contribution >= 0.6 is 15.9 Å². The maximum absolute atomic E-state index is 13.7. The van der Waals surface area contributed by atoms with Gasteiger partial charge in [0.1, 0.15) is 12.4 Å². The van der Waals surface area contributed by atoms with Crippen LogP contribution in [0.1, 0.15) is 34.3 Å². The quantitative estimate of drug-likeness (QED) is 0.675. The molecule has 1 saturated heterocycles. The van der Waals surface area contributed by atoms with Crippen molar-refractivity contribution in [2.24, 2.45) is 0 Å². The highest BCUT2D eigenvalue weighted by Crippen LogP contribution is 2.33. The van der Waals surface area contributed by atoms with Gasteiger partial charge in [-0.05, 0) is 47.0 Å². The summed E-state index contributed by atoms with van der Waals surface area (Å²) >= 11 is 3.38. The predicted octanol–water partition coefficient (Wildman–Crippen LogP) is 5.21. The summed E-state index contributed by atoms with van der Waals surface area (Å²) in [5.41, 5.74) is 2.04. The molecule has 1 heterocycles. The van der Waals surface area contributed by atoms with Gasteiger partial charge in [0.2, 0.25) is 0 Å². The Morgan fingerprint density at radius 3 is 2.65 bits per heavy atom. The van der Waals surface area contributed by atoms with Gasteiger partial charge < -0.3 is 9.64 Å². The standard InChI is InChI=1S/C20H20BrF2NO2/c1-14-17(26-12-15-6-3-2-4-7-15)9-8-16(21)18(14)19(25)24-11-5-10-20(22,23)13-24/h2-4,6-9H,5,10-13H2,1H3. The van der Waals surface area contributed by atoms with Crippen LogP contribution in [0, 0.1) is 6.92 Å². The van der Waals surface area contributed by atoms with Crippen LogP contribution in [0.2, 0.25) is 0 Å². The van der Waals surface area contributed by atoms with Gasteiger partial charge in [0.25, 0.3) is 11.8 Å². The maximum atomic E-state index is 13.7. The number of carbonyl (C=O) groups excluding carboxylic acids is 1. The molecule has 1 aliphatic rings. The Balaban J connectivity index is 1.82. The van der Waals surface area contributed by atoms with Crippen molar-refractivity contribution >= 4 is 21.8 Å². The van der Waals surface area contributed by atoms with E-state index in [9.17, 15) is 13.6 Å². The fourth-order valence-electron chi connectivity index (χ4n) is 3.11. The minimum absolute atomic E-state index is 0.169. The fraction of sp³-hybridized carbons (Fsp3) is 0.350. The van der Waals surface area contributed by atoms with E-state index < -0.39 is 12.5 Å². The zero-order valence-electron chi connectivity index (χ0n) is 14.5. The number of amides is 1. The monoisotopic (exact) mass is 423 g/mol. The molecule has 0 spiro atoms.